The van der Waals surface area contributed by atoms with Gasteiger partial charge in [0.15, 0.2) is 0 Å². The molecule has 1 nitrogen and oxygen atoms in total. The Labute approximate surface area is 124 Å². The molecule has 0 spiro atoms. The van der Waals surface area contributed by atoms with Crippen molar-refractivity contribution in [2.75, 3.05) is 6.54 Å². The summed E-state index contributed by atoms with van der Waals surface area (Å²) in [5.74, 6) is 0. The van der Waals surface area contributed by atoms with Gasteiger partial charge in [-0.3, -0.25) is 0 Å². The third-order valence-electron chi connectivity index (χ3n) is 3.91. The van der Waals surface area contributed by atoms with Crippen LogP contribution in [0.3, 0.4) is 0 Å². The summed E-state index contributed by atoms with van der Waals surface area (Å²) >= 11 is 0. The largest absolute Gasteiger partial charge is 0.327 e. The standard InChI is InChI=1S/C19H29N/c1-16(10-7-5-6-8-15-20)12-13-18-17(2)11-9-14-19(18,3)4/h5-8,10,12-13H,9,11,14-15,20H2,1-4H3/b7-5+,8-6+,13-12+,16-10+. The Morgan fingerprint density at radius 3 is 2.65 bits per heavy atom. The molecule has 1 rings (SSSR count). The minimum absolute atomic E-state index is 0.318. The van der Waals surface area contributed by atoms with Gasteiger partial charge in [-0.25, -0.2) is 0 Å². The molecule has 2 N–H and O–H groups in total. The topological polar surface area (TPSA) is 26.0 Å². The molecule has 0 atom stereocenters. The van der Waals surface area contributed by atoms with Gasteiger partial charge in [0.25, 0.3) is 0 Å². The van der Waals surface area contributed by atoms with E-state index in [9.17, 15) is 0 Å². The SMILES string of the molecule is CC1=C(/C=C/C(C)=C/C=C/C=C/CN)C(C)(C)CCC1. The van der Waals surface area contributed by atoms with Gasteiger partial charge in [0, 0.05) is 6.54 Å². The van der Waals surface area contributed by atoms with Crippen molar-refractivity contribution >= 4 is 0 Å². The van der Waals surface area contributed by atoms with Crippen LogP contribution in [0, 0.1) is 5.41 Å². The molecule has 20 heavy (non-hydrogen) atoms. The molecule has 0 aliphatic heterocycles. The normalized spacial score (nSPS) is 20.8. The summed E-state index contributed by atoms with van der Waals surface area (Å²) in [5.41, 5.74) is 10.0. The fraction of sp³-hybridized carbons (Fsp3) is 0.474. The fourth-order valence-electron chi connectivity index (χ4n) is 2.71. The molecule has 0 unspecified atom stereocenters. The lowest BCUT2D eigenvalue weighted by atomic mass is 9.72. The molecule has 0 aromatic rings. The number of rotatable bonds is 5. The van der Waals surface area contributed by atoms with Crippen molar-refractivity contribution in [1.82, 2.24) is 0 Å². The second-order valence-electron chi connectivity index (χ2n) is 6.22. The van der Waals surface area contributed by atoms with E-state index in [4.69, 9.17) is 5.73 Å². The van der Waals surface area contributed by atoms with Crippen LogP contribution < -0.4 is 5.73 Å². The molecular formula is C19H29N. The van der Waals surface area contributed by atoms with Gasteiger partial charge in [-0.05, 0) is 44.1 Å². The van der Waals surface area contributed by atoms with Crippen molar-refractivity contribution in [3.63, 3.8) is 0 Å². The zero-order valence-electron chi connectivity index (χ0n) is 13.4. The average Bonchev–Trinajstić information content (AvgIpc) is 2.37. The zero-order valence-corrected chi connectivity index (χ0v) is 13.4. The highest BCUT2D eigenvalue weighted by Gasteiger charge is 2.26. The van der Waals surface area contributed by atoms with E-state index in [0.717, 1.165) is 0 Å². The van der Waals surface area contributed by atoms with Crippen molar-refractivity contribution in [1.29, 1.82) is 0 Å². The Balaban J connectivity index is 2.73. The first-order valence-corrected chi connectivity index (χ1v) is 7.56. The van der Waals surface area contributed by atoms with Gasteiger partial charge >= 0.3 is 0 Å². The van der Waals surface area contributed by atoms with Crippen LogP contribution in [0.1, 0.15) is 47.0 Å². The van der Waals surface area contributed by atoms with Gasteiger partial charge in [0.1, 0.15) is 0 Å². The molecule has 0 heterocycles. The van der Waals surface area contributed by atoms with E-state index < -0.39 is 0 Å². The van der Waals surface area contributed by atoms with Gasteiger partial charge in [0.2, 0.25) is 0 Å². The van der Waals surface area contributed by atoms with Crippen LogP contribution in [0.2, 0.25) is 0 Å². The zero-order chi connectivity index (χ0) is 15.0. The fourth-order valence-corrected chi connectivity index (χ4v) is 2.71. The molecule has 0 aromatic carbocycles. The third kappa shape index (κ3) is 5.34. The summed E-state index contributed by atoms with van der Waals surface area (Å²) in [5, 5.41) is 0. The van der Waals surface area contributed by atoms with Crippen LogP contribution in [0.15, 0.2) is 59.3 Å². The lowest BCUT2D eigenvalue weighted by molar-refractivity contribution is 0.377. The molecule has 110 valence electrons. The second-order valence-corrected chi connectivity index (χ2v) is 6.22. The van der Waals surface area contributed by atoms with Gasteiger partial charge in [-0.2, -0.15) is 0 Å². The Kier molecular flexibility index (Phi) is 6.74. The monoisotopic (exact) mass is 271 g/mol. The summed E-state index contributed by atoms with van der Waals surface area (Å²) in [6.45, 7) is 9.71. The molecule has 1 heteroatoms. The lowest BCUT2D eigenvalue weighted by Crippen LogP contribution is -2.19. The van der Waals surface area contributed by atoms with Crippen LogP contribution in [-0.4, -0.2) is 6.54 Å². The molecule has 0 bridgehead atoms. The summed E-state index contributed by atoms with van der Waals surface area (Å²) in [6, 6.07) is 0. The number of nitrogens with two attached hydrogens (primary N) is 1. The van der Waals surface area contributed by atoms with Crippen LogP contribution in [0.4, 0.5) is 0 Å². The maximum absolute atomic E-state index is 5.39. The lowest BCUT2D eigenvalue weighted by Gasteiger charge is -2.32. The van der Waals surface area contributed by atoms with E-state index in [2.05, 4.69) is 52.0 Å². The molecule has 0 fully saturated rings. The van der Waals surface area contributed by atoms with Gasteiger partial charge in [0.05, 0.1) is 0 Å². The Morgan fingerprint density at radius 2 is 2.00 bits per heavy atom. The van der Waals surface area contributed by atoms with Crippen LogP contribution in [0.5, 0.6) is 0 Å². The maximum atomic E-state index is 5.39. The maximum Gasteiger partial charge on any atom is 0.0109 e. The van der Waals surface area contributed by atoms with Crippen molar-refractivity contribution < 1.29 is 0 Å². The van der Waals surface area contributed by atoms with E-state index in [-0.39, 0.29) is 0 Å². The minimum atomic E-state index is 0.318. The number of hydrogen-bond donors (Lipinski definition) is 1. The molecule has 1 aliphatic rings. The highest BCUT2D eigenvalue weighted by molar-refractivity contribution is 5.36. The average molecular weight is 271 g/mol. The van der Waals surface area contributed by atoms with Gasteiger partial charge < -0.3 is 5.73 Å². The molecular weight excluding hydrogens is 242 g/mol. The second kappa shape index (κ2) is 8.06. The van der Waals surface area contributed by atoms with E-state index >= 15 is 0 Å². The summed E-state index contributed by atoms with van der Waals surface area (Å²) < 4.78 is 0. The Morgan fingerprint density at radius 1 is 1.25 bits per heavy atom. The van der Waals surface area contributed by atoms with Crippen molar-refractivity contribution in [3.05, 3.63) is 59.3 Å². The van der Waals surface area contributed by atoms with E-state index in [1.165, 1.54) is 30.4 Å². The van der Waals surface area contributed by atoms with Gasteiger partial charge in [-0.15, -0.1) is 0 Å². The molecule has 1 aliphatic carbocycles. The smallest absolute Gasteiger partial charge is 0.0109 e. The Hall–Kier alpha value is -1.34. The number of allylic oxidation sites excluding steroid dienone is 9. The first-order valence-electron chi connectivity index (χ1n) is 7.56. The van der Waals surface area contributed by atoms with Crippen molar-refractivity contribution in [2.45, 2.75) is 47.0 Å². The predicted molar refractivity (Wildman–Crippen MR) is 90.6 cm³/mol. The van der Waals surface area contributed by atoms with Crippen molar-refractivity contribution in [2.24, 2.45) is 11.1 Å². The Bertz CT molecular complexity index is 456. The summed E-state index contributed by atoms with van der Waals surface area (Å²) in [4.78, 5) is 0. The predicted octanol–water partition coefficient (Wildman–Crippen LogP) is 5.09. The third-order valence-corrected chi connectivity index (χ3v) is 3.91. The van der Waals surface area contributed by atoms with Crippen molar-refractivity contribution in [3.8, 4) is 0 Å². The molecule has 0 saturated heterocycles. The van der Waals surface area contributed by atoms with Crippen LogP contribution >= 0.6 is 0 Å². The summed E-state index contributed by atoms with van der Waals surface area (Å²) in [6.07, 6.45) is 18.5. The number of hydrogen-bond acceptors (Lipinski definition) is 1. The first-order chi connectivity index (χ1) is 9.47. The highest BCUT2D eigenvalue weighted by atomic mass is 14.5. The van der Waals surface area contributed by atoms with Crippen LogP contribution in [0.25, 0.3) is 0 Å². The summed E-state index contributed by atoms with van der Waals surface area (Å²) in [7, 11) is 0. The molecule has 0 saturated carbocycles. The molecule has 0 aromatic heterocycles. The van der Waals surface area contributed by atoms with Gasteiger partial charge in [-0.1, -0.05) is 67.5 Å². The van der Waals surface area contributed by atoms with E-state index in [0.29, 0.717) is 12.0 Å². The van der Waals surface area contributed by atoms with Crippen LogP contribution in [-0.2, 0) is 0 Å². The quantitative estimate of drug-likeness (QED) is 0.693. The molecule has 0 amide bonds. The highest BCUT2D eigenvalue weighted by Crippen LogP contribution is 2.40. The minimum Gasteiger partial charge on any atom is -0.327 e. The molecule has 0 radical (unpaired) electrons. The van der Waals surface area contributed by atoms with E-state index in [1.54, 1.807) is 5.57 Å². The van der Waals surface area contributed by atoms with E-state index in [1.807, 2.05) is 18.2 Å². The first kappa shape index (κ1) is 16.7.